The van der Waals surface area contributed by atoms with Crippen molar-refractivity contribution in [1.82, 2.24) is 9.55 Å². The summed E-state index contributed by atoms with van der Waals surface area (Å²) < 4.78 is 6.67. The van der Waals surface area contributed by atoms with Crippen molar-refractivity contribution in [2.45, 2.75) is 46.1 Å². The van der Waals surface area contributed by atoms with Crippen LogP contribution in [0.15, 0.2) is 4.79 Å². The second kappa shape index (κ2) is 6.29. The molecule has 1 N–H and O–H groups in total. The molecule has 2 heterocycles. The number of carboxylic acid groups (broad SMARTS) is 1. The average molecular weight is 350 g/mol. The van der Waals surface area contributed by atoms with Gasteiger partial charge in [0.25, 0.3) is 5.56 Å². The van der Waals surface area contributed by atoms with E-state index in [0.717, 1.165) is 29.7 Å². The molecule has 3 rings (SSSR count). The van der Waals surface area contributed by atoms with E-state index in [1.165, 1.54) is 4.88 Å². The van der Waals surface area contributed by atoms with Crippen molar-refractivity contribution in [3.63, 3.8) is 0 Å². The Kier molecular flexibility index (Phi) is 4.48. The van der Waals surface area contributed by atoms with Crippen LogP contribution in [0, 0.1) is 5.41 Å². The molecule has 0 fully saturated rings. The van der Waals surface area contributed by atoms with Crippen molar-refractivity contribution < 1.29 is 14.6 Å². The van der Waals surface area contributed by atoms with Gasteiger partial charge < -0.3 is 9.84 Å². The summed E-state index contributed by atoms with van der Waals surface area (Å²) in [5.74, 6) is -0.327. The molecule has 130 valence electrons. The number of hydrogen-bond acceptors (Lipinski definition) is 5. The summed E-state index contributed by atoms with van der Waals surface area (Å²) in [6.45, 7) is 3.80. The topological polar surface area (TPSA) is 81.4 Å². The zero-order valence-electron chi connectivity index (χ0n) is 14.2. The molecule has 0 saturated heterocycles. The van der Waals surface area contributed by atoms with E-state index in [-0.39, 0.29) is 12.1 Å². The Balaban J connectivity index is 2.18. The summed E-state index contributed by atoms with van der Waals surface area (Å²) in [5, 5.41) is 10.1. The summed E-state index contributed by atoms with van der Waals surface area (Å²) in [6.07, 6.45) is 3.47. The number of carbonyl (C=O) groups is 1. The van der Waals surface area contributed by atoms with E-state index in [9.17, 15) is 14.7 Å². The van der Waals surface area contributed by atoms with E-state index in [1.807, 2.05) is 0 Å². The van der Waals surface area contributed by atoms with E-state index in [1.54, 1.807) is 36.9 Å². The minimum Gasteiger partial charge on any atom is -0.481 e. The van der Waals surface area contributed by atoms with Crippen LogP contribution >= 0.6 is 11.3 Å². The maximum absolute atomic E-state index is 13.1. The van der Waals surface area contributed by atoms with Crippen LogP contribution in [0.25, 0.3) is 10.2 Å². The normalized spacial score (nSPS) is 14.3. The van der Waals surface area contributed by atoms with Gasteiger partial charge in [-0.1, -0.05) is 0 Å². The average Bonchev–Trinajstić information content (AvgIpc) is 3.08. The Morgan fingerprint density at radius 2 is 2.17 bits per heavy atom. The minimum absolute atomic E-state index is 0.105. The number of ether oxygens (including phenoxy) is 1. The monoisotopic (exact) mass is 350 g/mol. The SMILES string of the molecule is COCCc1nc2sc3c(c2c(=O)n1CC(C)(C)C(=O)O)CCC3. The van der Waals surface area contributed by atoms with Crippen LogP contribution in [0.4, 0.5) is 0 Å². The highest BCUT2D eigenvalue weighted by Gasteiger charge is 2.31. The van der Waals surface area contributed by atoms with Gasteiger partial charge >= 0.3 is 5.97 Å². The summed E-state index contributed by atoms with van der Waals surface area (Å²) in [7, 11) is 1.60. The number of aromatic nitrogens is 2. The Morgan fingerprint density at radius 1 is 1.42 bits per heavy atom. The zero-order valence-corrected chi connectivity index (χ0v) is 15.0. The van der Waals surface area contributed by atoms with Crippen molar-refractivity contribution in [2.75, 3.05) is 13.7 Å². The van der Waals surface area contributed by atoms with Crippen LogP contribution in [0.2, 0.25) is 0 Å². The third kappa shape index (κ3) is 2.86. The van der Waals surface area contributed by atoms with Gasteiger partial charge in [-0.05, 0) is 38.7 Å². The Hall–Kier alpha value is -1.73. The highest BCUT2D eigenvalue weighted by Crippen LogP contribution is 2.35. The van der Waals surface area contributed by atoms with E-state index < -0.39 is 11.4 Å². The van der Waals surface area contributed by atoms with Crippen molar-refractivity contribution in [3.05, 3.63) is 26.6 Å². The van der Waals surface area contributed by atoms with Crippen LogP contribution in [-0.4, -0.2) is 34.3 Å². The molecule has 0 amide bonds. The van der Waals surface area contributed by atoms with Gasteiger partial charge in [-0.3, -0.25) is 14.2 Å². The molecule has 0 aliphatic heterocycles. The second-order valence-electron chi connectivity index (χ2n) is 6.89. The number of fused-ring (bicyclic) bond motifs is 3. The number of thiophene rings is 1. The molecule has 6 nitrogen and oxygen atoms in total. The summed E-state index contributed by atoms with van der Waals surface area (Å²) in [5.41, 5.74) is -0.0345. The molecule has 1 aliphatic carbocycles. The lowest BCUT2D eigenvalue weighted by Crippen LogP contribution is -2.36. The number of rotatable bonds is 6. The maximum atomic E-state index is 13.1. The fourth-order valence-electron chi connectivity index (χ4n) is 3.13. The van der Waals surface area contributed by atoms with Gasteiger partial charge in [-0.25, -0.2) is 4.98 Å². The lowest BCUT2D eigenvalue weighted by atomic mass is 9.93. The predicted octanol–water partition coefficient (Wildman–Crippen LogP) is 2.25. The van der Waals surface area contributed by atoms with Crippen LogP contribution in [-0.2, 0) is 35.3 Å². The molecule has 0 aromatic carbocycles. The lowest BCUT2D eigenvalue weighted by molar-refractivity contribution is -0.147. The minimum atomic E-state index is -1.04. The fourth-order valence-corrected chi connectivity index (χ4v) is 4.40. The molecule has 1 aliphatic rings. The Bertz CT molecular complexity index is 850. The van der Waals surface area contributed by atoms with Gasteiger partial charge in [0.2, 0.25) is 0 Å². The van der Waals surface area contributed by atoms with Crippen LogP contribution in [0.5, 0.6) is 0 Å². The largest absolute Gasteiger partial charge is 0.481 e. The number of aryl methyl sites for hydroxylation is 2. The molecule has 0 spiro atoms. The molecule has 7 heteroatoms. The number of methoxy groups -OCH3 is 1. The molecule has 0 saturated carbocycles. The highest BCUT2D eigenvalue weighted by molar-refractivity contribution is 7.18. The molecule has 0 unspecified atom stereocenters. The van der Waals surface area contributed by atoms with Crippen LogP contribution in [0.3, 0.4) is 0 Å². The number of hydrogen-bond donors (Lipinski definition) is 1. The molecule has 0 radical (unpaired) electrons. The quantitative estimate of drug-likeness (QED) is 0.864. The van der Waals surface area contributed by atoms with Crippen LogP contribution in [0.1, 0.15) is 36.5 Å². The first-order chi connectivity index (χ1) is 11.3. The third-order valence-electron chi connectivity index (χ3n) is 4.57. The van der Waals surface area contributed by atoms with Crippen molar-refractivity contribution in [3.8, 4) is 0 Å². The van der Waals surface area contributed by atoms with Crippen LogP contribution < -0.4 is 5.56 Å². The molecule has 0 atom stereocenters. The van der Waals surface area contributed by atoms with Crippen molar-refractivity contribution in [1.29, 1.82) is 0 Å². The standard InChI is InChI=1S/C17H22N2O4S/c1-17(2,16(21)22)9-19-12(7-8-23-3)18-14-13(15(19)20)10-5-4-6-11(10)24-14/h4-9H2,1-3H3,(H,21,22). The number of carboxylic acids is 1. The van der Waals surface area contributed by atoms with Gasteiger partial charge in [-0.15, -0.1) is 11.3 Å². The van der Waals surface area contributed by atoms with E-state index >= 15 is 0 Å². The Labute approximate surface area is 144 Å². The lowest BCUT2D eigenvalue weighted by Gasteiger charge is -2.22. The highest BCUT2D eigenvalue weighted by atomic mass is 32.1. The summed E-state index contributed by atoms with van der Waals surface area (Å²) in [4.78, 5) is 31.4. The van der Waals surface area contributed by atoms with Gasteiger partial charge in [0.1, 0.15) is 10.7 Å². The number of nitrogens with zero attached hydrogens (tertiary/aromatic N) is 2. The van der Waals surface area contributed by atoms with Crippen molar-refractivity contribution in [2.24, 2.45) is 5.41 Å². The maximum Gasteiger partial charge on any atom is 0.310 e. The number of aliphatic carboxylic acids is 1. The van der Waals surface area contributed by atoms with E-state index in [2.05, 4.69) is 4.98 Å². The van der Waals surface area contributed by atoms with E-state index in [0.29, 0.717) is 24.2 Å². The molecular weight excluding hydrogens is 328 g/mol. The predicted molar refractivity (Wildman–Crippen MR) is 92.9 cm³/mol. The van der Waals surface area contributed by atoms with Gasteiger partial charge in [-0.2, -0.15) is 0 Å². The fraction of sp³-hybridized carbons (Fsp3) is 0.588. The van der Waals surface area contributed by atoms with Gasteiger partial charge in [0.05, 0.1) is 17.4 Å². The first-order valence-electron chi connectivity index (χ1n) is 8.11. The van der Waals surface area contributed by atoms with E-state index in [4.69, 9.17) is 4.74 Å². The van der Waals surface area contributed by atoms with Gasteiger partial charge in [0.15, 0.2) is 0 Å². The molecule has 2 aromatic rings. The summed E-state index contributed by atoms with van der Waals surface area (Å²) >= 11 is 1.60. The second-order valence-corrected chi connectivity index (χ2v) is 7.97. The van der Waals surface area contributed by atoms with Crippen molar-refractivity contribution >= 4 is 27.5 Å². The smallest absolute Gasteiger partial charge is 0.310 e. The Morgan fingerprint density at radius 3 is 2.83 bits per heavy atom. The first kappa shape index (κ1) is 17.1. The third-order valence-corrected chi connectivity index (χ3v) is 5.75. The molecule has 2 aromatic heterocycles. The molecular formula is C17H22N2O4S. The zero-order chi connectivity index (χ0) is 17.5. The molecule has 24 heavy (non-hydrogen) atoms. The molecule has 0 bridgehead atoms. The first-order valence-corrected chi connectivity index (χ1v) is 8.93. The summed E-state index contributed by atoms with van der Waals surface area (Å²) in [6, 6.07) is 0. The van der Waals surface area contributed by atoms with Gasteiger partial charge in [0, 0.05) is 25.0 Å².